The SMILES string of the molecule is Cn1ccnc1CN1CCC(c2nc3ccccc3[nH]2)CC1. The number of benzene rings is 1. The Labute approximate surface area is 130 Å². The summed E-state index contributed by atoms with van der Waals surface area (Å²) in [6, 6.07) is 8.27. The molecule has 5 nitrogen and oxygen atoms in total. The van der Waals surface area contributed by atoms with Crippen molar-refractivity contribution < 1.29 is 0 Å². The fourth-order valence-electron chi connectivity index (χ4n) is 3.28. The number of hydrogen-bond acceptors (Lipinski definition) is 3. The van der Waals surface area contributed by atoms with Crippen molar-refractivity contribution in [2.75, 3.05) is 13.1 Å². The summed E-state index contributed by atoms with van der Waals surface area (Å²) in [6.45, 7) is 3.15. The monoisotopic (exact) mass is 295 g/mol. The molecule has 1 aliphatic heterocycles. The molecule has 1 aromatic carbocycles. The molecule has 5 heteroatoms. The number of hydrogen-bond donors (Lipinski definition) is 1. The van der Waals surface area contributed by atoms with Crippen LogP contribution in [0.5, 0.6) is 0 Å². The van der Waals surface area contributed by atoms with Gasteiger partial charge in [0.05, 0.1) is 17.6 Å². The number of rotatable bonds is 3. The second-order valence-corrected chi connectivity index (χ2v) is 6.14. The minimum absolute atomic E-state index is 0.546. The van der Waals surface area contributed by atoms with Crippen molar-refractivity contribution in [3.63, 3.8) is 0 Å². The summed E-state index contributed by atoms with van der Waals surface area (Å²) >= 11 is 0. The highest BCUT2D eigenvalue weighted by Crippen LogP contribution is 2.28. The lowest BCUT2D eigenvalue weighted by Crippen LogP contribution is -2.33. The van der Waals surface area contributed by atoms with Gasteiger partial charge in [-0.25, -0.2) is 9.97 Å². The maximum absolute atomic E-state index is 4.76. The number of likely N-dealkylation sites (tertiary alicyclic amines) is 1. The standard InChI is InChI=1S/C17H21N5/c1-21-11-8-18-16(21)12-22-9-6-13(7-10-22)17-19-14-4-2-3-5-15(14)20-17/h2-5,8,11,13H,6-7,9-10,12H2,1H3,(H,19,20). The predicted molar refractivity (Wildman–Crippen MR) is 86.6 cm³/mol. The van der Waals surface area contributed by atoms with E-state index in [0.29, 0.717) is 5.92 Å². The summed E-state index contributed by atoms with van der Waals surface area (Å²) in [7, 11) is 2.06. The zero-order valence-electron chi connectivity index (χ0n) is 12.9. The number of aromatic nitrogens is 4. The molecule has 22 heavy (non-hydrogen) atoms. The molecule has 0 saturated carbocycles. The zero-order valence-corrected chi connectivity index (χ0v) is 12.9. The molecule has 1 N–H and O–H groups in total. The van der Waals surface area contributed by atoms with Gasteiger partial charge < -0.3 is 9.55 Å². The molecule has 0 radical (unpaired) electrons. The number of nitrogens with zero attached hydrogens (tertiary/aromatic N) is 4. The highest BCUT2D eigenvalue weighted by molar-refractivity contribution is 5.74. The van der Waals surface area contributed by atoms with E-state index in [0.717, 1.165) is 55.2 Å². The number of para-hydroxylation sites is 2. The molecule has 3 aromatic rings. The third kappa shape index (κ3) is 2.52. The number of H-pyrrole nitrogens is 1. The first-order valence-electron chi connectivity index (χ1n) is 7.93. The Balaban J connectivity index is 1.42. The van der Waals surface area contributed by atoms with Gasteiger partial charge >= 0.3 is 0 Å². The van der Waals surface area contributed by atoms with Crippen LogP contribution in [0.4, 0.5) is 0 Å². The average Bonchev–Trinajstić information content (AvgIpc) is 3.15. The van der Waals surface area contributed by atoms with E-state index in [1.165, 1.54) is 0 Å². The Morgan fingerprint density at radius 1 is 1.23 bits per heavy atom. The second kappa shape index (κ2) is 5.57. The van der Waals surface area contributed by atoms with Gasteiger partial charge in [0.15, 0.2) is 0 Å². The van der Waals surface area contributed by atoms with Crippen molar-refractivity contribution in [3.05, 3.63) is 48.3 Å². The van der Waals surface area contributed by atoms with Crippen LogP contribution in [0.3, 0.4) is 0 Å². The van der Waals surface area contributed by atoms with Crippen LogP contribution in [0.15, 0.2) is 36.7 Å². The molecule has 0 amide bonds. The van der Waals surface area contributed by atoms with Gasteiger partial charge in [0.25, 0.3) is 0 Å². The topological polar surface area (TPSA) is 49.7 Å². The summed E-state index contributed by atoms with van der Waals surface area (Å²) in [5, 5.41) is 0. The Morgan fingerprint density at radius 3 is 2.77 bits per heavy atom. The maximum Gasteiger partial charge on any atom is 0.122 e. The number of aryl methyl sites for hydroxylation is 1. The lowest BCUT2D eigenvalue weighted by molar-refractivity contribution is 0.196. The highest BCUT2D eigenvalue weighted by Gasteiger charge is 2.23. The van der Waals surface area contributed by atoms with E-state index < -0.39 is 0 Å². The van der Waals surface area contributed by atoms with Crippen molar-refractivity contribution in [2.24, 2.45) is 7.05 Å². The quantitative estimate of drug-likeness (QED) is 0.808. The average molecular weight is 295 g/mol. The van der Waals surface area contributed by atoms with Crippen LogP contribution < -0.4 is 0 Å². The molecule has 1 saturated heterocycles. The Morgan fingerprint density at radius 2 is 2.05 bits per heavy atom. The third-order valence-corrected chi connectivity index (χ3v) is 4.67. The van der Waals surface area contributed by atoms with E-state index in [1.54, 1.807) is 0 Å². The summed E-state index contributed by atoms with van der Waals surface area (Å²) in [4.78, 5) is 15.2. The van der Waals surface area contributed by atoms with Crippen LogP contribution in [0.1, 0.15) is 30.4 Å². The fourth-order valence-corrected chi connectivity index (χ4v) is 3.28. The minimum atomic E-state index is 0.546. The molecule has 3 heterocycles. The van der Waals surface area contributed by atoms with Gasteiger partial charge in [-0.05, 0) is 38.1 Å². The molecular weight excluding hydrogens is 274 g/mol. The number of aromatic amines is 1. The molecular formula is C17H21N5. The Hall–Kier alpha value is -2.14. The second-order valence-electron chi connectivity index (χ2n) is 6.14. The lowest BCUT2D eigenvalue weighted by atomic mass is 9.96. The molecule has 114 valence electrons. The number of piperidine rings is 1. The lowest BCUT2D eigenvalue weighted by Gasteiger charge is -2.30. The van der Waals surface area contributed by atoms with E-state index >= 15 is 0 Å². The zero-order chi connectivity index (χ0) is 14.9. The largest absolute Gasteiger partial charge is 0.342 e. The number of imidazole rings is 2. The van der Waals surface area contributed by atoms with Gasteiger partial charge in [0.1, 0.15) is 11.6 Å². The first-order chi connectivity index (χ1) is 10.8. The smallest absolute Gasteiger partial charge is 0.122 e. The molecule has 0 atom stereocenters. The summed E-state index contributed by atoms with van der Waals surface area (Å²) in [5.74, 6) is 2.84. The maximum atomic E-state index is 4.76. The molecule has 0 spiro atoms. The molecule has 0 unspecified atom stereocenters. The first kappa shape index (κ1) is 13.5. The number of nitrogens with one attached hydrogen (secondary N) is 1. The van der Waals surface area contributed by atoms with Crippen LogP contribution in [0, 0.1) is 0 Å². The minimum Gasteiger partial charge on any atom is -0.342 e. The highest BCUT2D eigenvalue weighted by atomic mass is 15.2. The van der Waals surface area contributed by atoms with Crippen LogP contribution in [-0.4, -0.2) is 37.5 Å². The summed E-state index contributed by atoms with van der Waals surface area (Å²) in [6.07, 6.45) is 6.20. The van der Waals surface area contributed by atoms with Crippen LogP contribution >= 0.6 is 0 Å². The normalized spacial score (nSPS) is 17.3. The molecule has 0 aliphatic carbocycles. The van der Waals surface area contributed by atoms with Gasteiger partial charge in [-0.15, -0.1) is 0 Å². The van der Waals surface area contributed by atoms with E-state index in [9.17, 15) is 0 Å². The van der Waals surface area contributed by atoms with Crippen molar-refractivity contribution in [2.45, 2.75) is 25.3 Å². The Kier molecular flexibility index (Phi) is 3.42. The first-order valence-corrected chi connectivity index (χ1v) is 7.93. The van der Waals surface area contributed by atoms with E-state index in [-0.39, 0.29) is 0 Å². The van der Waals surface area contributed by atoms with Gasteiger partial charge in [-0.1, -0.05) is 12.1 Å². The van der Waals surface area contributed by atoms with Gasteiger partial charge in [-0.3, -0.25) is 4.90 Å². The van der Waals surface area contributed by atoms with Crippen molar-refractivity contribution in [1.82, 2.24) is 24.4 Å². The molecule has 1 aliphatic rings. The number of fused-ring (bicyclic) bond motifs is 1. The molecule has 0 bridgehead atoms. The molecule has 4 rings (SSSR count). The molecule has 1 fully saturated rings. The van der Waals surface area contributed by atoms with Gasteiger partial charge in [0, 0.05) is 25.4 Å². The van der Waals surface area contributed by atoms with Crippen molar-refractivity contribution in [1.29, 1.82) is 0 Å². The van der Waals surface area contributed by atoms with E-state index in [2.05, 4.69) is 44.7 Å². The van der Waals surface area contributed by atoms with Crippen molar-refractivity contribution >= 4 is 11.0 Å². The fraction of sp³-hybridized carbons (Fsp3) is 0.412. The van der Waals surface area contributed by atoms with E-state index in [4.69, 9.17) is 4.98 Å². The third-order valence-electron chi connectivity index (χ3n) is 4.67. The van der Waals surface area contributed by atoms with E-state index in [1.807, 2.05) is 18.5 Å². The molecule has 2 aromatic heterocycles. The van der Waals surface area contributed by atoms with Crippen LogP contribution in [-0.2, 0) is 13.6 Å². The van der Waals surface area contributed by atoms with Crippen molar-refractivity contribution in [3.8, 4) is 0 Å². The van der Waals surface area contributed by atoms with Gasteiger partial charge in [-0.2, -0.15) is 0 Å². The predicted octanol–water partition coefficient (Wildman–Crippen LogP) is 2.68. The summed E-state index contributed by atoms with van der Waals surface area (Å²) < 4.78 is 2.10. The van der Waals surface area contributed by atoms with Crippen LogP contribution in [0.2, 0.25) is 0 Å². The van der Waals surface area contributed by atoms with Crippen LogP contribution in [0.25, 0.3) is 11.0 Å². The van der Waals surface area contributed by atoms with Gasteiger partial charge in [0.2, 0.25) is 0 Å². The summed E-state index contributed by atoms with van der Waals surface area (Å²) in [5.41, 5.74) is 2.22. The Bertz CT molecular complexity index is 731.